The van der Waals surface area contributed by atoms with E-state index in [-0.39, 0.29) is 11.3 Å². The summed E-state index contributed by atoms with van der Waals surface area (Å²) in [5, 5.41) is 0. The summed E-state index contributed by atoms with van der Waals surface area (Å²) in [5.74, 6) is 0.284. The molecular formula is C24H22N2. The molecule has 128 valence electrons. The van der Waals surface area contributed by atoms with Crippen molar-refractivity contribution in [1.29, 1.82) is 0 Å². The molecule has 4 N–H and O–H groups in total. The Morgan fingerprint density at radius 1 is 0.577 bits per heavy atom. The first-order chi connectivity index (χ1) is 12.7. The van der Waals surface area contributed by atoms with Crippen LogP contribution in [0.2, 0.25) is 0 Å². The first-order valence-corrected chi connectivity index (χ1v) is 8.83. The van der Waals surface area contributed by atoms with Crippen LogP contribution < -0.4 is 11.5 Å². The van der Waals surface area contributed by atoms with Crippen molar-refractivity contribution < 1.29 is 0 Å². The molecule has 4 rings (SSSR count). The van der Waals surface area contributed by atoms with E-state index >= 15 is 0 Å². The van der Waals surface area contributed by atoms with Crippen molar-refractivity contribution in [3.05, 3.63) is 120 Å². The molecule has 0 spiro atoms. The van der Waals surface area contributed by atoms with Crippen LogP contribution in [0.25, 0.3) is 0 Å². The normalized spacial score (nSPS) is 15.8. The summed E-state index contributed by atoms with van der Waals surface area (Å²) in [6.07, 6.45) is 9.15. The van der Waals surface area contributed by atoms with Crippen LogP contribution in [0.3, 0.4) is 0 Å². The molecule has 1 aliphatic carbocycles. The SMILES string of the molecule is Nc1ccc(C2(c3ccc(N)cc3)C=CC(c3ccccc3)C=C2)cc1. The summed E-state index contributed by atoms with van der Waals surface area (Å²) in [4.78, 5) is 0. The Kier molecular flexibility index (Phi) is 4.10. The standard InChI is InChI=1S/C24H22N2/c25-22-10-6-20(7-11-22)24(21-8-12-23(26)13-9-21)16-14-19(15-17-24)18-4-2-1-3-5-18/h1-17,19H,25-26H2. The Balaban J connectivity index is 1.79. The molecule has 0 amide bonds. The van der Waals surface area contributed by atoms with Crippen LogP contribution in [0.1, 0.15) is 22.6 Å². The smallest absolute Gasteiger partial charge is 0.0563 e. The quantitative estimate of drug-likeness (QED) is 0.519. The van der Waals surface area contributed by atoms with E-state index in [1.165, 1.54) is 16.7 Å². The second kappa shape index (κ2) is 6.57. The van der Waals surface area contributed by atoms with Gasteiger partial charge >= 0.3 is 0 Å². The molecule has 0 heterocycles. The van der Waals surface area contributed by atoms with Gasteiger partial charge in [0, 0.05) is 17.3 Å². The van der Waals surface area contributed by atoms with Gasteiger partial charge in [-0.2, -0.15) is 0 Å². The fourth-order valence-electron chi connectivity index (χ4n) is 3.60. The largest absolute Gasteiger partial charge is 0.399 e. The lowest BCUT2D eigenvalue weighted by Crippen LogP contribution is -2.25. The van der Waals surface area contributed by atoms with Crippen molar-refractivity contribution in [2.45, 2.75) is 11.3 Å². The minimum atomic E-state index is -0.313. The van der Waals surface area contributed by atoms with E-state index in [1.54, 1.807) is 0 Å². The first kappa shape index (κ1) is 16.2. The molecule has 0 fully saturated rings. The zero-order chi connectivity index (χ0) is 18.0. The zero-order valence-corrected chi connectivity index (χ0v) is 14.5. The lowest BCUT2D eigenvalue weighted by Gasteiger charge is -2.33. The molecule has 1 aliphatic rings. The van der Waals surface area contributed by atoms with Crippen LogP contribution in [0.15, 0.2) is 103 Å². The first-order valence-electron chi connectivity index (χ1n) is 8.83. The van der Waals surface area contributed by atoms with Crippen molar-refractivity contribution in [1.82, 2.24) is 0 Å². The van der Waals surface area contributed by atoms with Crippen LogP contribution in [0, 0.1) is 0 Å². The molecular weight excluding hydrogens is 316 g/mol. The van der Waals surface area contributed by atoms with E-state index in [1.807, 2.05) is 30.3 Å². The number of anilines is 2. The summed E-state index contributed by atoms with van der Waals surface area (Å²) in [6, 6.07) is 26.8. The molecule has 26 heavy (non-hydrogen) atoms. The minimum Gasteiger partial charge on any atom is -0.399 e. The van der Waals surface area contributed by atoms with Crippen molar-refractivity contribution in [2.75, 3.05) is 11.5 Å². The second-order valence-electron chi connectivity index (χ2n) is 6.77. The van der Waals surface area contributed by atoms with E-state index in [0.717, 1.165) is 11.4 Å². The monoisotopic (exact) mass is 338 g/mol. The molecule has 0 atom stereocenters. The molecule has 0 aliphatic heterocycles. The molecule has 2 nitrogen and oxygen atoms in total. The van der Waals surface area contributed by atoms with Gasteiger partial charge in [0.2, 0.25) is 0 Å². The molecule has 0 bridgehead atoms. The molecule has 3 aromatic carbocycles. The average molecular weight is 338 g/mol. The number of hydrogen-bond acceptors (Lipinski definition) is 2. The fraction of sp³-hybridized carbons (Fsp3) is 0.0833. The Hall–Kier alpha value is -3.26. The summed E-state index contributed by atoms with van der Waals surface area (Å²) in [7, 11) is 0. The van der Waals surface area contributed by atoms with Gasteiger partial charge in [-0.1, -0.05) is 78.9 Å². The van der Waals surface area contributed by atoms with Crippen LogP contribution >= 0.6 is 0 Å². The van der Waals surface area contributed by atoms with Crippen LogP contribution in [0.5, 0.6) is 0 Å². The predicted molar refractivity (Wildman–Crippen MR) is 110 cm³/mol. The third-order valence-electron chi connectivity index (χ3n) is 5.09. The average Bonchev–Trinajstić information content (AvgIpc) is 2.70. The van der Waals surface area contributed by atoms with Gasteiger partial charge in [-0.3, -0.25) is 0 Å². The van der Waals surface area contributed by atoms with Crippen LogP contribution in [-0.2, 0) is 5.41 Å². The highest BCUT2D eigenvalue weighted by atomic mass is 14.5. The van der Waals surface area contributed by atoms with Crippen molar-refractivity contribution >= 4 is 11.4 Å². The summed E-state index contributed by atoms with van der Waals surface area (Å²) < 4.78 is 0. The Morgan fingerprint density at radius 2 is 1.04 bits per heavy atom. The maximum Gasteiger partial charge on any atom is 0.0563 e. The maximum atomic E-state index is 5.90. The van der Waals surface area contributed by atoms with E-state index < -0.39 is 0 Å². The lowest BCUT2D eigenvalue weighted by molar-refractivity contribution is 0.782. The summed E-state index contributed by atoms with van der Waals surface area (Å²) in [5.41, 5.74) is 16.7. The molecule has 0 unspecified atom stereocenters. The van der Waals surface area contributed by atoms with Gasteiger partial charge in [-0.25, -0.2) is 0 Å². The number of allylic oxidation sites excluding steroid dienone is 4. The van der Waals surface area contributed by atoms with Crippen LogP contribution in [-0.4, -0.2) is 0 Å². The molecule has 2 heteroatoms. The van der Waals surface area contributed by atoms with Gasteiger partial charge in [-0.05, 0) is 41.0 Å². The Labute approximate surface area is 154 Å². The van der Waals surface area contributed by atoms with Gasteiger partial charge in [0.15, 0.2) is 0 Å². The number of rotatable bonds is 3. The minimum absolute atomic E-state index is 0.284. The van der Waals surface area contributed by atoms with Gasteiger partial charge in [0.1, 0.15) is 0 Å². The van der Waals surface area contributed by atoms with Crippen molar-refractivity contribution in [3.8, 4) is 0 Å². The van der Waals surface area contributed by atoms with Gasteiger partial charge < -0.3 is 11.5 Å². The molecule has 3 aromatic rings. The molecule has 0 aromatic heterocycles. The van der Waals surface area contributed by atoms with E-state index in [0.29, 0.717) is 0 Å². The number of nitrogen functional groups attached to an aromatic ring is 2. The third kappa shape index (κ3) is 2.91. The Morgan fingerprint density at radius 3 is 1.50 bits per heavy atom. The summed E-state index contributed by atoms with van der Waals surface area (Å²) in [6.45, 7) is 0. The molecule has 0 radical (unpaired) electrons. The van der Waals surface area contributed by atoms with Gasteiger partial charge in [0.25, 0.3) is 0 Å². The Bertz CT molecular complexity index is 874. The predicted octanol–water partition coefficient (Wildman–Crippen LogP) is 5.05. The topological polar surface area (TPSA) is 52.0 Å². The van der Waals surface area contributed by atoms with Crippen molar-refractivity contribution in [2.24, 2.45) is 0 Å². The van der Waals surface area contributed by atoms with E-state index in [4.69, 9.17) is 11.5 Å². The zero-order valence-electron chi connectivity index (χ0n) is 14.5. The maximum absolute atomic E-state index is 5.90. The lowest BCUT2D eigenvalue weighted by atomic mass is 9.70. The molecule has 0 saturated carbocycles. The van der Waals surface area contributed by atoms with Gasteiger partial charge in [0.05, 0.1) is 5.41 Å². The highest BCUT2D eigenvalue weighted by Gasteiger charge is 2.31. The molecule has 0 saturated heterocycles. The van der Waals surface area contributed by atoms with Crippen molar-refractivity contribution in [3.63, 3.8) is 0 Å². The van der Waals surface area contributed by atoms with Crippen LogP contribution in [0.4, 0.5) is 11.4 Å². The number of hydrogen-bond donors (Lipinski definition) is 2. The highest BCUT2D eigenvalue weighted by molar-refractivity contribution is 5.56. The van der Waals surface area contributed by atoms with E-state index in [2.05, 4.69) is 72.8 Å². The third-order valence-corrected chi connectivity index (χ3v) is 5.09. The second-order valence-corrected chi connectivity index (χ2v) is 6.77. The fourth-order valence-corrected chi connectivity index (χ4v) is 3.60. The number of benzene rings is 3. The van der Waals surface area contributed by atoms with E-state index in [9.17, 15) is 0 Å². The highest BCUT2D eigenvalue weighted by Crippen LogP contribution is 2.40. The number of nitrogens with two attached hydrogens (primary N) is 2. The van der Waals surface area contributed by atoms with Gasteiger partial charge in [-0.15, -0.1) is 0 Å². The summed E-state index contributed by atoms with van der Waals surface area (Å²) >= 11 is 0.